The molecule has 0 aromatic carbocycles. The van der Waals surface area contributed by atoms with Crippen LogP contribution in [0.2, 0.25) is 0 Å². The van der Waals surface area contributed by atoms with Crippen molar-refractivity contribution in [3.63, 3.8) is 0 Å². The summed E-state index contributed by atoms with van der Waals surface area (Å²) in [6, 6.07) is 0.604. The fourth-order valence-electron chi connectivity index (χ4n) is 3.80. The van der Waals surface area contributed by atoms with Gasteiger partial charge >= 0.3 is 0 Å². The van der Waals surface area contributed by atoms with Gasteiger partial charge in [-0.2, -0.15) is 9.97 Å². The first-order valence-corrected chi connectivity index (χ1v) is 8.33. The smallest absolute Gasteiger partial charge is 0.224 e. The number of morpholine rings is 1. The lowest BCUT2D eigenvalue weighted by Gasteiger charge is -2.38. The van der Waals surface area contributed by atoms with Crippen LogP contribution < -0.4 is 20.9 Å². The highest BCUT2D eigenvalue weighted by Crippen LogP contribution is 2.39. The van der Waals surface area contributed by atoms with Gasteiger partial charge in [0, 0.05) is 32.2 Å². The van der Waals surface area contributed by atoms with E-state index in [4.69, 9.17) is 10.5 Å². The number of nitrogens with two attached hydrogens (primary N) is 1. The summed E-state index contributed by atoms with van der Waals surface area (Å²) < 4.78 is 5.45. The summed E-state index contributed by atoms with van der Waals surface area (Å²) in [4.78, 5) is 13.8. The molecule has 0 unspecified atom stereocenters. The Morgan fingerprint density at radius 1 is 1.05 bits per heavy atom. The Hall–Kier alpha value is -1.76. The molecule has 0 amide bonds. The zero-order valence-electron chi connectivity index (χ0n) is 12.9. The van der Waals surface area contributed by atoms with Gasteiger partial charge in [-0.05, 0) is 12.8 Å². The SMILES string of the molecule is Nc1nc(N2CCOCC2)c2c(n1)N(C1CCCC1)CCN2. The molecule has 1 aromatic rings. The number of ether oxygens (including phenoxy) is 1. The second-order valence-electron chi connectivity index (χ2n) is 6.26. The number of nitrogen functional groups attached to an aromatic ring is 1. The van der Waals surface area contributed by atoms with Gasteiger partial charge < -0.3 is 25.6 Å². The minimum atomic E-state index is 0.368. The number of aromatic nitrogens is 2. The quantitative estimate of drug-likeness (QED) is 0.846. The van der Waals surface area contributed by atoms with Gasteiger partial charge in [0.2, 0.25) is 5.95 Å². The number of nitrogens with zero attached hydrogens (tertiary/aromatic N) is 4. The van der Waals surface area contributed by atoms with E-state index in [0.717, 1.165) is 56.7 Å². The molecule has 0 bridgehead atoms. The number of hydrogen-bond acceptors (Lipinski definition) is 7. The molecule has 3 N–H and O–H groups in total. The van der Waals surface area contributed by atoms with Gasteiger partial charge in [-0.3, -0.25) is 0 Å². The van der Waals surface area contributed by atoms with E-state index in [1.54, 1.807) is 0 Å². The normalized spacial score (nSPS) is 22.5. The fraction of sp³-hybridized carbons (Fsp3) is 0.733. The van der Waals surface area contributed by atoms with Gasteiger partial charge in [0.1, 0.15) is 5.69 Å². The van der Waals surface area contributed by atoms with Crippen LogP contribution in [0.4, 0.5) is 23.3 Å². The van der Waals surface area contributed by atoms with Crippen LogP contribution in [0.3, 0.4) is 0 Å². The predicted octanol–water partition coefficient (Wildman–Crippen LogP) is 1.07. The van der Waals surface area contributed by atoms with Gasteiger partial charge in [-0.25, -0.2) is 0 Å². The Bertz CT molecular complexity index is 539. The molecule has 0 atom stereocenters. The summed E-state index contributed by atoms with van der Waals surface area (Å²) in [6.07, 6.45) is 5.16. The van der Waals surface area contributed by atoms with Gasteiger partial charge in [-0.1, -0.05) is 12.8 Å². The summed E-state index contributed by atoms with van der Waals surface area (Å²) in [5.74, 6) is 2.30. The van der Waals surface area contributed by atoms with Crippen LogP contribution in [-0.4, -0.2) is 55.4 Å². The van der Waals surface area contributed by atoms with Crippen LogP contribution in [0.5, 0.6) is 0 Å². The Morgan fingerprint density at radius 3 is 2.55 bits per heavy atom. The number of rotatable bonds is 2. The second-order valence-corrected chi connectivity index (χ2v) is 6.26. The molecule has 3 heterocycles. The average Bonchev–Trinajstić information content (AvgIpc) is 3.08. The first kappa shape index (κ1) is 13.9. The van der Waals surface area contributed by atoms with Crippen LogP contribution in [0, 0.1) is 0 Å². The molecule has 0 radical (unpaired) electrons. The van der Waals surface area contributed by atoms with Crippen molar-refractivity contribution in [2.75, 3.05) is 60.2 Å². The fourth-order valence-corrected chi connectivity index (χ4v) is 3.80. The molecule has 22 heavy (non-hydrogen) atoms. The topological polar surface area (TPSA) is 79.5 Å². The molecule has 120 valence electrons. The third-order valence-electron chi connectivity index (χ3n) is 4.89. The van der Waals surface area contributed by atoms with E-state index in [1.165, 1.54) is 25.7 Å². The van der Waals surface area contributed by atoms with Crippen molar-refractivity contribution in [1.82, 2.24) is 9.97 Å². The maximum Gasteiger partial charge on any atom is 0.224 e. The van der Waals surface area contributed by atoms with Crippen LogP contribution >= 0.6 is 0 Å². The highest BCUT2D eigenvalue weighted by atomic mass is 16.5. The van der Waals surface area contributed by atoms with Crippen molar-refractivity contribution in [3.05, 3.63) is 0 Å². The maximum atomic E-state index is 6.02. The van der Waals surface area contributed by atoms with Crippen LogP contribution in [-0.2, 0) is 4.74 Å². The Labute approximate surface area is 130 Å². The molecule has 1 aliphatic carbocycles. The monoisotopic (exact) mass is 304 g/mol. The third-order valence-corrected chi connectivity index (χ3v) is 4.89. The second kappa shape index (κ2) is 5.79. The van der Waals surface area contributed by atoms with E-state index in [9.17, 15) is 0 Å². The lowest BCUT2D eigenvalue weighted by molar-refractivity contribution is 0.122. The standard InChI is InChI=1S/C15H24N6O/c16-15-18-13(20-7-9-22-10-8-20)12-14(19-15)21(6-5-17-12)11-3-1-2-4-11/h11,17H,1-10H2,(H2,16,18,19). The zero-order chi connectivity index (χ0) is 14.9. The molecular weight excluding hydrogens is 280 g/mol. The Morgan fingerprint density at radius 2 is 1.77 bits per heavy atom. The molecule has 1 saturated heterocycles. The summed E-state index contributed by atoms with van der Waals surface area (Å²) in [6.45, 7) is 5.13. The van der Waals surface area contributed by atoms with Crippen molar-refractivity contribution < 1.29 is 4.74 Å². The molecule has 7 nitrogen and oxygen atoms in total. The average molecular weight is 304 g/mol. The summed E-state index contributed by atoms with van der Waals surface area (Å²) in [5, 5.41) is 3.50. The third kappa shape index (κ3) is 2.43. The summed E-state index contributed by atoms with van der Waals surface area (Å²) >= 11 is 0. The highest BCUT2D eigenvalue weighted by Gasteiger charge is 2.31. The van der Waals surface area contributed by atoms with E-state index in [-0.39, 0.29) is 0 Å². The van der Waals surface area contributed by atoms with Crippen LogP contribution in [0.15, 0.2) is 0 Å². The van der Waals surface area contributed by atoms with E-state index in [2.05, 4.69) is 25.1 Å². The van der Waals surface area contributed by atoms with Crippen LogP contribution in [0.25, 0.3) is 0 Å². The van der Waals surface area contributed by atoms with Crippen molar-refractivity contribution in [3.8, 4) is 0 Å². The predicted molar refractivity (Wildman–Crippen MR) is 87.6 cm³/mol. The molecular formula is C15H24N6O. The molecule has 0 spiro atoms. The first-order valence-electron chi connectivity index (χ1n) is 8.33. The van der Waals surface area contributed by atoms with Gasteiger partial charge in [0.15, 0.2) is 11.6 Å². The highest BCUT2D eigenvalue weighted by molar-refractivity contribution is 5.81. The lowest BCUT2D eigenvalue weighted by Crippen LogP contribution is -2.43. The van der Waals surface area contributed by atoms with E-state index in [1.807, 2.05) is 0 Å². The number of fused-ring (bicyclic) bond motifs is 1. The molecule has 4 rings (SSSR count). The Kier molecular flexibility index (Phi) is 3.65. The summed E-state index contributed by atoms with van der Waals surface area (Å²) in [5.41, 5.74) is 7.07. The zero-order valence-corrected chi connectivity index (χ0v) is 12.9. The molecule has 7 heteroatoms. The van der Waals surface area contributed by atoms with Crippen molar-refractivity contribution in [2.24, 2.45) is 0 Å². The van der Waals surface area contributed by atoms with Gasteiger partial charge in [0.05, 0.1) is 13.2 Å². The van der Waals surface area contributed by atoms with Gasteiger partial charge in [-0.15, -0.1) is 0 Å². The Balaban J connectivity index is 1.71. The minimum absolute atomic E-state index is 0.368. The van der Waals surface area contributed by atoms with Crippen LogP contribution in [0.1, 0.15) is 25.7 Å². The van der Waals surface area contributed by atoms with Crippen molar-refractivity contribution in [2.45, 2.75) is 31.7 Å². The van der Waals surface area contributed by atoms with E-state index < -0.39 is 0 Å². The molecule has 3 aliphatic rings. The number of nitrogens with one attached hydrogen (secondary N) is 1. The largest absolute Gasteiger partial charge is 0.378 e. The summed E-state index contributed by atoms with van der Waals surface area (Å²) in [7, 11) is 0. The molecule has 1 saturated carbocycles. The van der Waals surface area contributed by atoms with Crippen molar-refractivity contribution >= 4 is 23.3 Å². The maximum absolute atomic E-state index is 6.02. The molecule has 1 aromatic heterocycles. The van der Waals surface area contributed by atoms with E-state index in [0.29, 0.717) is 12.0 Å². The van der Waals surface area contributed by atoms with Gasteiger partial charge in [0.25, 0.3) is 0 Å². The lowest BCUT2D eigenvalue weighted by atomic mass is 10.1. The molecule has 2 fully saturated rings. The minimum Gasteiger partial charge on any atom is -0.378 e. The number of hydrogen-bond donors (Lipinski definition) is 2. The molecule has 2 aliphatic heterocycles. The first-order chi connectivity index (χ1) is 10.8. The van der Waals surface area contributed by atoms with E-state index >= 15 is 0 Å². The van der Waals surface area contributed by atoms with Crippen molar-refractivity contribution in [1.29, 1.82) is 0 Å². The number of anilines is 4.